The van der Waals surface area contributed by atoms with Gasteiger partial charge < -0.3 is 4.90 Å². The molecule has 0 bridgehead atoms. The van der Waals surface area contributed by atoms with Crippen molar-refractivity contribution in [3.8, 4) is 0 Å². The normalized spacial score (nSPS) is 14.4. The molecule has 1 aromatic carbocycles. The quantitative estimate of drug-likeness (QED) is 0.735. The fourth-order valence-corrected chi connectivity index (χ4v) is 3.17. The van der Waals surface area contributed by atoms with E-state index in [0.717, 1.165) is 35.6 Å². The van der Waals surface area contributed by atoms with Gasteiger partial charge in [0, 0.05) is 24.2 Å². The predicted octanol–water partition coefficient (Wildman–Crippen LogP) is 4.76. The Hall–Kier alpha value is -1.42. The van der Waals surface area contributed by atoms with Crippen molar-refractivity contribution in [2.24, 2.45) is 0 Å². The Balaban J connectivity index is 2.06. The maximum atomic E-state index is 4.76. The molecule has 1 aromatic heterocycles. The van der Waals surface area contributed by atoms with Crippen LogP contribution in [0, 0.1) is 6.92 Å². The molecule has 0 unspecified atom stereocenters. The van der Waals surface area contributed by atoms with Crippen molar-refractivity contribution in [1.29, 1.82) is 0 Å². The second-order valence-electron chi connectivity index (χ2n) is 5.95. The molecule has 0 fully saturated rings. The first kappa shape index (κ1) is 14.5. The summed E-state index contributed by atoms with van der Waals surface area (Å²) in [5.41, 5.74) is 4.02. The van der Waals surface area contributed by atoms with Gasteiger partial charge >= 0.3 is 0 Å². The van der Waals surface area contributed by atoms with Gasteiger partial charge in [-0.25, -0.2) is 9.97 Å². The molecule has 0 atom stereocenters. The van der Waals surface area contributed by atoms with E-state index in [0.29, 0.717) is 5.92 Å². The number of halogens is 1. The van der Waals surface area contributed by atoms with Gasteiger partial charge in [-0.3, -0.25) is 0 Å². The summed E-state index contributed by atoms with van der Waals surface area (Å²) >= 11 is 3.52. The topological polar surface area (TPSA) is 29.0 Å². The van der Waals surface area contributed by atoms with Crippen LogP contribution in [0.25, 0.3) is 0 Å². The lowest BCUT2D eigenvalue weighted by molar-refractivity contribution is 0.733. The largest absolute Gasteiger partial charge is 0.326 e. The fraction of sp³-hybridized carbons (Fsp3) is 0.412. The number of aryl methyl sites for hydroxylation is 2. The van der Waals surface area contributed by atoms with E-state index in [1.54, 1.807) is 0 Å². The number of hydrogen-bond acceptors (Lipinski definition) is 3. The average Bonchev–Trinajstić information content (AvgIpc) is 2.45. The smallest absolute Gasteiger partial charge is 0.137 e. The first-order valence-corrected chi connectivity index (χ1v) is 8.25. The van der Waals surface area contributed by atoms with Crippen LogP contribution in [0.4, 0.5) is 11.5 Å². The monoisotopic (exact) mass is 345 g/mol. The summed E-state index contributed by atoms with van der Waals surface area (Å²) in [6.45, 7) is 7.41. The van der Waals surface area contributed by atoms with E-state index in [1.165, 1.54) is 16.8 Å². The van der Waals surface area contributed by atoms with Crippen LogP contribution in [0.3, 0.4) is 0 Å². The number of rotatable bonds is 2. The summed E-state index contributed by atoms with van der Waals surface area (Å²) in [5.74, 6) is 2.20. The minimum Gasteiger partial charge on any atom is -0.326 e. The average molecular weight is 346 g/mol. The van der Waals surface area contributed by atoms with Crippen LogP contribution in [-0.2, 0) is 6.42 Å². The molecule has 110 valence electrons. The molecule has 4 heteroatoms. The molecule has 2 aromatic rings. The van der Waals surface area contributed by atoms with Crippen molar-refractivity contribution in [1.82, 2.24) is 9.97 Å². The van der Waals surface area contributed by atoms with E-state index in [1.807, 2.05) is 6.07 Å². The number of nitrogens with zero attached hydrogens (tertiary/aromatic N) is 3. The summed E-state index contributed by atoms with van der Waals surface area (Å²) in [5, 5.41) is 0. The SMILES string of the molecule is Cc1ccc2c(c1)CCCN2c1cc(Br)nc(C(C)C)n1. The minimum atomic E-state index is 0.323. The molecule has 0 amide bonds. The molecule has 0 radical (unpaired) electrons. The van der Waals surface area contributed by atoms with Crippen LogP contribution in [0.5, 0.6) is 0 Å². The number of anilines is 2. The molecule has 0 aliphatic carbocycles. The molecule has 3 nitrogen and oxygen atoms in total. The van der Waals surface area contributed by atoms with Gasteiger partial charge in [-0.15, -0.1) is 0 Å². The molecule has 0 spiro atoms. The first-order chi connectivity index (χ1) is 10.0. The second kappa shape index (κ2) is 5.76. The van der Waals surface area contributed by atoms with Gasteiger partial charge in [0.1, 0.15) is 16.2 Å². The molecule has 3 rings (SSSR count). The standard InChI is InChI=1S/C17H20BrN3/c1-11(2)17-19-15(18)10-16(20-17)21-8-4-5-13-9-12(3)6-7-14(13)21/h6-7,9-11H,4-5,8H2,1-3H3. The van der Waals surface area contributed by atoms with E-state index in [9.17, 15) is 0 Å². The van der Waals surface area contributed by atoms with Crippen molar-refractivity contribution < 1.29 is 0 Å². The van der Waals surface area contributed by atoms with Crippen molar-refractivity contribution in [3.05, 3.63) is 45.8 Å². The highest BCUT2D eigenvalue weighted by Crippen LogP contribution is 2.34. The fourth-order valence-electron chi connectivity index (χ4n) is 2.78. The van der Waals surface area contributed by atoms with Gasteiger partial charge in [0.2, 0.25) is 0 Å². The minimum absolute atomic E-state index is 0.323. The molecule has 0 N–H and O–H groups in total. The lowest BCUT2D eigenvalue weighted by Gasteiger charge is -2.31. The van der Waals surface area contributed by atoms with Gasteiger partial charge in [0.05, 0.1) is 0 Å². The third-order valence-electron chi connectivity index (χ3n) is 3.85. The number of benzene rings is 1. The van der Waals surface area contributed by atoms with E-state index >= 15 is 0 Å². The van der Waals surface area contributed by atoms with Crippen LogP contribution < -0.4 is 4.90 Å². The summed E-state index contributed by atoms with van der Waals surface area (Å²) in [4.78, 5) is 11.6. The molecule has 0 saturated carbocycles. The molecule has 2 heterocycles. The van der Waals surface area contributed by atoms with Crippen LogP contribution >= 0.6 is 15.9 Å². The predicted molar refractivity (Wildman–Crippen MR) is 90.3 cm³/mol. The molecular weight excluding hydrogens is 326 g/mol. The van der Waals surface area contributed by atoms with Gasteiger partial charge in [-0.1, -0.05) is 31.5 Å². The highest BCUT2D eigenvalue weighted by molar-refractivity contribution is 9.10. The van der Waals surface area contributed by atoms with Crippen LogP contribution in [-0.4, -0.2) is 16.5 Å². The zero-order chi connectivity index (χ0) is 15.0. The van der Waals surface area contributed by atoms with Gasteiger partial charge in [-0.2, -0.15) is 0 Å². The lowest BCUT2D eigenvalue weighted by Crippen LogP contribution is -2.26. The van der Waals surface area contributed by atoms with E-state index in [-0.39, 0.29) is 0 Å². The highest BCUT2D eigenvalue weighted by Gasteiger charge is 2.20. The maximum Gasteiger partial charge on any atom is 0.137 e. The van der Waals surface area contributed by atoms with Crippen LogP contribution in [0.1, 0.15) is 43.1 Å². The van der Waals surface area contributed by atoms with Gasteiger partial charge in [-0.05, 0) is 47.3 Å². The van der Waals surface area contributed by atoms with Crippen LogP contribution in [0.15, 0.2) is 28.9 Å². The molecular formula is C17H20BrN3. The van der Waals surface area contributed by atoms with E-state index in [2.05, 4.69) is 64.8 Å². The molecule has 21 heavy (non-hydrogen) atoms. The van der Waals surface area contributed by atoms with Gasteiger partial charge in [0.25, 0.3) is 0 Å². The molecule has 1 aliphatic heterocycles. The second-order valence-corrected chi connectivity index (χ2v) is 6.76. The Morgan fingerprint density at radius 3 is 2.76 bits per heavy atom. The van der Waals surface area contributed by atoms with Crippen molar-refractivity contribution >= 4 is 27.4 Å². The first-order valence-electron chi connectivity index (χ1n) is 7.46. The number of hydrogen-bond donors (Lipinski definition) is 0. The molecule has 1 aliphatic rings. The summed E-state index contributed by atoms with van der Waals surface area (Å²) in [6.07, 6.45) is 2.31. The molecule has 0 saturated heterocycles. The Labute approximate surface area is 134 Å². The summed E-state index contributed by atoms with van der Waals surface area (Å²) in [7, 11) is 0. The van der Waals surface area contributed by atoms with Crippen molar-refractivity contribution in [2.75, 3.05) is 11.4 Å². The summed E-state index contributed by atoms with van der Waals surface area (Å²) < 4.78 is 0.857. The zero-order valence-electron chi connectivity index (χ0n) is 12.7. The van der Waals surface area contributed by atoms with Crippen molar-refractivity contribution in [3.63, 3.8) is 0 Å². The van der Waals surface area contributed by atoms with Crippen LogP contribution in [0.2, 0.25) is 0 Å². The maximum absolute atomic E-state index is 4.76. The third kappa shape index (κ3) is 2.95. The van der Waals surface area contributed by atoms with Crippen molar-refractivity contribution in [2.45, 2.75) is 39.5 Å². The Bertz CT molecular complexity index is 667. The number of aromatic nitrogens is 2. The van der Waals surface area contributed by atoms with E-state index < -0.39 is 0 Å². The Morgan fingerprint density at radius 1 is 1.19 bits per heavy atom. The number of fused-ring (bicyclic) bond motifs is 1. The Kier molecular flexibility index (Phi) is 3.98. The van der Waals surface area contributed by atoms with E-state index in [4.69, 9.17) is 4.98 Å². The third-order valence-corrected chi connectivity index (χ3v) is 4.25. The lowest BCUT2D eigenvalue weighted by atomic mass is 9.99. The highest BCUT2D eigenvalue weighted by atomic mass is 79.9. The van der Waals surface area contributed by atoms with Gasteiger partial charge in [0.15, 0.2) is 0 Å². The zero-order valence-corrected chi connectivity index (χ0v) is 14.3. The summed E-state index contributed by atoms with van der Waals surface area (Å²) in [6, 6.07) is 8.70. The Morgan fingerprint density at radius 2 is 2.00 bits per heavy atom.